The van der Waals surface area contributed by atoms with E-state index in [2.05, 4.69) is 24.1 Å². The second-order valence-electron chi connectivity index (χ2n) is 8.61. The van der Waals surface area contributed by atoms with Crippen LogP contribution in [-0.2, 0) is 4.79 Å². The van der Waals surface area contributed by atoms with Gasteiger partial charge < -0.3 is 10.2 Å². The van der Waals surface area contributed by atoms with E-state index in [0.717, 1.165) is 49.8 Å². The van der Waals surface area contributed by atoms with Crippen LogP contribution in [0, 0.1) is 22.0 Å². The van der Waals surface area contributed by atoms with Crippen LogP contribution in [0.2, 0.25) is 0 Å². The monoisotopic (exact) mass is 383 g/mol. The third-order valence-corrected chi connectivity index (χ3v) is 7.01. The van der Waals surface area contributed by atoms with E-state index in [9.17, 15) is 14.9 Å². The Hall–Kier alpha value is -2.37. The van der Waals surface area contributed by atoms with Crippen LogP contribution in [0.1, 0.15) is 58.8 Å². The second-order valence-corrected chi connectivity index (χ2v) is 8.61. The van der Waals surface area contributed by atoms with Crippen LogP contribution >= 0.6 is 0 Å². The van der Waals surface area contributed by atoms with Gasteiger partial charge in [-0.1, -0.05) is 26.7 Å². The summed E-state index contributed by atoms with van der Waals surface area (Å²) in [5.41, 5.74) is 3.15. The molecular formula is C22H29N3O3. The van der Waals surface area contributed by atoms with E-state index in [0.29, 0.717) is 11.8 Å². The van der Waals surface area contributed by atoms with E-state index >= 15 is 0 Å². The maximum absolute atomic E-state index is 13.4. The van der Waals surface area contributed by atoms with Crippen molar-refractivity contribution in [3.8, 4) is 0 Å². The lowest BCUT2D eigenvalue weighted by Gasteiger charge is -2.43. The number of nitrogens with zero attached hydrogens (tertiary/aromatic N) is 2. The average Bonchev–Trinajstić information content (AvgIpc) is 2.97. The number of nitro benzene ring substituents is 1. The highest BCUT2D eigenvalue weighted by molar-refractivity contribution is 5.98. The summed E-state index contributed by atoms with van der Waals surface area (Å²) < 4.78 is 0. The van der Waals surface area contributed by atoms with Crippen LogP contribution in [-0.4, -0.2) is 27.9 Å². The first-order valence-electron chi connectivity index (χ1n) is 10.5. The zero-order chi connectivity index (χ0) is 19.8. The number of hydrogen-bond donors (Lipinski definition) is 1. The fourth-order valence-electron chi connectivity index (χ4n) is 5.20. The van der Waals surface area contributed by atoms with Crippen LogP contribution in [0.5, 0.6) is 0 Å². The molecule has 1 aliphatic heterocycles. The Labute approximate surface area is 166 Å². The summed E-state index contributed by atoms with van der Waals surface area (Å²) >= 11 is 0. The van der Waals surface area contributed by atoms with Gasteiger partial charge in [0.2, 0.25) is 0 Å². The van der Waals surface area contributed by atoms with Gasteiger partial charge in [-0.2, -0.15) is 0 Å². The number of non-ortho nitro benzene ring substituents is 1. The lowest BCUT2D eigenvalue weighted by Crippen LogP contribution is -2.52. The minimum Gasteiger partial charge on any atom is -0.362 e. The first kappa shape index (κ1) is 19.0. The molecule has 4 rings (SSSR count). The summed E-state index contributed by atoms with van der Waals surface area (Å²) in [7, 11) is 0. The molecule has 1 amide bonds. The van der Waals surface area contributed by atoms with E-state index in [4.69, 9.17) is 0 Å². The molecule has 0 bridgehead atoms. The van der Waals surface area contributed by atoms with Gasteiger partial charge in [-0.3, -0.25) is 14.9 Å². The fourth-order valence-corrected chi connectivity index (χ4v) is 5.20. The quantitative estimate of drug-likeness (QED) is 0.594. The van der Waals surface area contributed by atoms with E-state index in [1.54, 1.807) is 12.1 Å². The lowest BCUT2D eigenvalue weighted by atomic mass is 9.77. The molecule has 0 radical (unpaired) electrons. The molecule has 150 valence electrons. The van der Waals surface area contributed by atoms with Gasteiger partial charge in [0.25, 0.3) is 11.6 Å². The molecule has 1 aromatic rings. The van der Waals surface area contributed by atoms with Gasteiger partial charge in [-0.25, -0.2) is 0 Å². The van der Waals surface area contributed by atoms with Crippen LogP contribution in [0.3, 0.4) is 0 Å². The minimum atomic E-state index is -0.387. The third-order valence-electron chi connectivity index (χ3n) is 7.01. The molecule has 4 atom stereocenters. The van der Waals surface area contributed by atoms with E-state index in [1.807, 2.05) is 0 Å². The first-order chi connectivity index (χ1) is 13.5. The molecule has 1 N–H and O–H groups in total. The standard InChI is InChI=1S/C22H29N3O3/c1-14-6-5-9-20(15(14)2)24-21(18-7-3-4-8-19(18)22(24)26)23-16-10-12-17(13-11-16)25(27)28/h10-15,20-21,23H,3-9H2,1-2H3/t14-,15-,20+,21-/m1/s1. The number of nitro groups is 1. The second kappa shape index (κ2) is 7.57. The summed E-state index contributed by atoms with van der Waals surface area (Å²) in [6, 6.07) is 6.78. The number of carbonyl (C=O) groups is 1. The predicted octanol–water partition coefficient (Wildman–Crippen LogP) is 4.87. The Bertz CT molecular complexity index is 802. The maximum atomic E-state index is 13.4. The van der Waals surface area contributed by atoms with Crippen molar-refractivity contribution in [1.29, 1.82) is 0 Å². The summed E-state index contributed by atoms with van der Waals surface area (Å²) in [6.07, 6.45) is 7.35. The molecule has 1 aromatic carbocycles. The Morgan fingerprint density at radius 1 is 1.07 bits per heavy atom. The minimum absolute atomic E-state index is 0.0807. The van der Waals surface area contributed by atoms with Crippen molar-refractivity contribution < 1.29 is 9.72 Å². The van der Waals surface area contributed by atoms with Gasteiger partial charge in [0, 0.05) is 29.4 Å². The summed E-state index contributed by atoms with van der Waals surface area (Å²) in [6.45, 7) is 4.57. The van der Waals surface area contributed by atoms with Crippen molar-refractivity contribution >= 4 is 17.3 Å². The smallest absolute Gasteiger partial charge is 0.269 e. The molecule has 0 spiro atoms. The zero-order valence-electron chi connectivity index (χ0n) is 16.7. The number of hydrogen-bond acceptors (Lipinski definition) is 4. The molecular weight excluding hydrogens is 354 g/mol. The number of nitrogens with one attached hydrogen (secondary N) is 1. The van der Waals surface area contributed by atoms with Crippen molar-refractivity contribution in [2.24, 2.45) is 11.8 Å². The molecule has 0 saturated heterocycles. The number of benzene rings is 1. The molecule has 1 saturated carbocycles. The molecule has 1 heterocycles. The number of anilines is 1. The van der Waals surface area contributed by atoms with Crippen LogP contribution in [0.4, 0.5) is 11.4 Å². The van der Waals surface area contributed by atoms with Crippen molar-refractivity contribution in [3.05, 3.63) is 45.5 Å². The van der Waals surface area contributed by atoms with Crippen molar-refractivity contribution in [2.75, 3.05) is 5.32 Å². The van der Waals surface area contributed by atoms with Gasteiger partial charge >= 0.3 is 0 Å². The predicted molar refractivity (Wildman–Crippen MR) is 109 cm³/mol. The van der Waals surface area contributed by atoms with E-state index < -0.39 is 0 Å². The molecule has 0 aromatic heterocycles. The van der Waals surface area contributed by atoms with Crippen molar-refractivity contribution in [3.63, 3.8) is 0 Å². The van der Waals surface area contributed by atoms with Gasteiger partial charge in [-0.15, -0.1) is 0 Å². The molecule has 6 nitrogen and oxygen atoms in total. The fraction of sp³-hybridized carbons (Fsp3) is 0.591. The molecule has 6 heteroatoms. The van der Waals surface area contributed by atoms with E-state index in [-0.39, 0.29) is 28.7 Å². The highest BCUT2D eigenvalue weighted by Gasteiger charge is 2.45. The molecule has 2 aliphatic carbocycles. The Kier molecular flexibility index (Phi) is 5.13. The van der Waals surface area contributed by atoms with Gasteiger partial charge in [0.15, 0.2) is 0 Å². The average molecular weight is 383 g/mol. The van der Waals surface area contributed by atoms with Crippen molar-refractivity contribution in [2.45, 2.75) is 71.0 Å². The molecule has 1 fully saturated rings. The summed E-state index contributed by atoms with van der Waals surface area (Å²) in [4.78, 5) is 26.0. The number of carbonyl (C=O) groups excluding carboxylic acids is 1. The largest absolute Gasteiger partial charge is 0.362 e. The third kappa shape index (κ3) is 3.29. The summed E-state index contributed by atoms with van der Waals surface area (Å²) in [5.74, 6) is 1.30. The van der Waals surface area contributed by atoms with Gasteiger partial charge in [0.1, 0.15) is 6.17 Å². The van der Waals surface area contributed by atoms with E-state index in [1.165, 1.54) is 24.1 Å². The maximum Gasteiger partial charge on any atom is 0.269 e. The number of amides is 1. The molecule has 0 unspecified atom stereocenters. The van der Waals surface area contributed by atoms with Gasteiger partial charge in [0.05, 0.1) is 4.92 Å². The van der Waals surface area contributed by atoms with Crippen molar-refractivity contribution in [1.82, 2.24) is 4.90 Å². The Morgan fingerprint density at radius 3 is 2.50 bits per heavy atom. The van der Waals surface area contributed by atoms with Gasteiger partial charge in [-0.05, 0) is 61.6 Å². The normalized spacial score (nSPS) is 30.4. The SMILES string of the molecule is C[C@@H]1[C@H](C)CCC[C@@H]1N1C(=O)C2=C(CCCC2)[C@@H]1Nc1ccc([N+](=O)[O-])cc1. The van der Waals surface area contributed by atoms with Crippen LogP contribution < -0.4 is 5.32 Å². The highest BCUT2D eigenvalue weighted by atomic mass is 16.6. The highest BCUT2D eigenvalue weighted by Crippen LogP contribution is 2.42. The van der Waals surface area contributed by atoms with Crippen LogP contribution in [0.15, 0.2) is 35.4 Å². The lowest BCUT2D eigenvalue weighted by molar-refractivity contribution is -0.384. The zero-order valence-corrected chi connectivity index (χ0v) is 16.7. The Balaban J connectivity index is 1.64. The topological polar surface area (TPSA) is 75.5 Å². The van der Waals surface area contributed by atoms with Crippen LogP contribution in [0.25, 0.3) is 0 Å². The first-order valence-corrected chi connectivity index (χ1v) is 10.5. The molecule has 28 heavy (non-hydrogen) atoms. The number of rotatable bonds is 4. The summed E-state index contributed by atoms with van der Waals surface area (Å²) in [5, 5.41) is 14.5. The Morgan fingerprint density at radius 2 is 1.79 bits per heavy atom. The molecule has 3 aliphatic rings.